The van der Waals surface area contributed by atoms with Gasteiger partial charge in [0.2, 0.25) is 5.95 Å². The van der Waals surface area contributed by atoms with Gasteiger partial charge < -0.3 is 10.2 Å². The summed E-state index contributed by atoms with van der Waals surface area (Å²) in [7, 11) is 0. The summed E-state index contributed by atoms with van der Waals surface area (Å²) in [5.74, 6) is 2.53. The number of aryl methyl sites for hydroxylation is 1. The Labute approximate surface area is 130 Å². The second kappa shape index (κ2) is 5.79. The zero-order valence-corrected chi connectivity index (χ0v) is 14.1. The molecule has 1 N–H and O–H groups in total. The minimum absolute atomic E-state index is 0.595. The molecule has 1 saturated heterocycles. The normalized spacial score (nSPS) is 18.9. The first-order valence-corrected chi connectivity index (χ1v) is 8.70. The van der Waals surface area contributed by atoms with Gasteiger partial charge in [-0.25, -0.2) is 4.98 Å². The van der Waals surface area contributed by atoms with E-state index in [1.165, 1.54) is 23.1 Å². The Hall–Kier alpha value is -1.36. The van der Waals surface area contributed by atoms with Gasteiger partial charge in [-0.3, -0.25) is 0 Å². The van der Waals surface area contributed by atoms with Crippen molar-refractivity contribution in [3.05, 3.63) is 10.9 Å². The molecule has 1 unspecified atom stereocenters. The molecule has 0 saturated carbocycles. The van der Waals surface area contributed by atoms with Crippen LogP contribution < -0.4 is 10.2 Å². The maximum Gasteiger partial charge on any atom is 0.226 e. The van der Waals surface area contributed by atoms with Crippen LogP contribution in [0.4, 0.5) is 11.8 Å². The van der Waals surface area contributed by atoms with E-state index in [4.69, 9.17) is 4.98 Å². The molecule has 0 spiro atoms. The number of fused-ring (bicyclic) bond motifs is 1. The molecule has 3 rings (SSSR count). The molecule has 2 aromatic rings. The second-order valence-electron chi connectivity index (χ2n) is 6.12. The number of nitrogens with one attached hydrogen (secondary N) is 1. The van der Waals surface area contributed by atoms with Gasteiger partial charge in [0.1, 0.15) is 10.6 Å². The van der Waals surface area contributed by atoms with Gasteiger partial charge in [0.25, 0.3) is 0 Å². The van der Waals surface area contributed by atoms with Gasteiger partial charge in [-0.05, 0) is 38.7 Å². The van der Waals surface area contributed by atoms with E-state index in [9.17, 15) is 0 Å². The molecule has 1 fully saturated rings. The average molecular weight is 304 g/mol. The highest BCUT2D eigenvalue weighted by Crippen LogP contribution is 2.36. The van der Waals surface area contributed by atoms with Crippen molar-refractivity contribution in [3.63, 3.8) is 0 Å². The third-order valence-electron chi connectivity index (χ3n) is 4.17. The van der Waals surface area contributed by atoms with E-state index >= 15 is 0 Å². The largest absolute Gasteiger partial charge is 0.354 e. The van der Waals surface area contributed by atoms with Crippen LogP contribution in [0.15, 0.2) is 6.07 Å². The van der Waals surface area contributed by atoms with E-state index in [0.29, 0.717) is 12.0 Å². The Morgan fingerprint density at radius 3 is 2.95 bits per heavy atom. The molecule has 0 amide bonds. The van der Waals surface area contributed by atoms with Crippen molar-refractivity contribution in [2.24, 2.45) is 5.92 Å². The first kappa shape index (κ1) is 14.6. The van der Waals surface area contributed by atoms with Gasteiger partial charge in [0.15, 0.2) is 0 Å². The van der Waals surface area contributed by atoms with Crippen LogP contribution >= 0.6 is 11.3 Å². The van der Waals surface area contributed by atoms with Crippen molar-refractivity contribution in [2.75, 3.05) is 23.3 Å². The van der Waals surface area contributed by atoms with E-state index in [0.717, 1.165) is 29.7 Å². The third-order valence-corrected chi connectivity index (χ3v) is 5.12. The fourth-order valence-corrected chi connectivity index (χ4v) is 4.11. The highest BCUT2D eigenvalue weighted by Gasteiger charge is 2.30. The molecule has 1 atom stereocenters. The van der Waals surface area contributed by atoms with Gasteiger partial charge in [0.05, 0.1) is 5.39 Å². The Morgan fingerprint density at radius 2 is 2.24 bits per heavy atom. The summed E-state index contributed by atoms with van der Waals surface area (Å²) in [6.07, 6.45) is 2.52. The molecule has 2 aromatic heterocycles. The predicted octanol–water partition coefficient (Wildman–Crippen LogP) is 4.06. The van der Waals surface area contributed by atoms with Crippen LogP contribution in [0.2, 0.25) is 0 Å². The Kier molecular flexibility index (Phi) is 4.02. The van der Waals surface area contributed by atoms with E-state index in [2.05, 4.69) is 49.0 Å². The number of hydrogen-bond acceptors (Lipinski definition) is 5. The van der Waals surface area contributed by atoms with Gasteiger partial charge in [-0.15, -0.1) is 11.3 Å². The molecule has 1 aliphatic heterocycles. The number of aromatic nitrogens is 2. The van der Waals surface area contributed by atoms with Crippen LogP contribution in [0.5, 0.6) is 0 Å². The SMILES string of the molecule is CCNc1nc(N2CCCC2C(C)C)c2cc(C)sc2n1. The Morgan fingerprint density at radius 1 is 1.43 bits per heavy atom. The van der Waals surface area contributed by atoms with Crippen molar-refractivity contribution in [1.29, 1.82) is 0 Å². The van der Waals surface area contributed by atoms with Crippen LogP contribution in [-0.4, -0.2) is 29.1 Å². The Bertz CT molecular complexity index is 634. The lowest BCUT2D eigenvalue weighted by molar-refractivity contribution is 0.490. The van der Waals surface area contributed by atoms with Crippen LogP contribution in [0.25, 0.3) is 10.2 Å². The van der Waals surface area contributed by atoms with E-state index in [1.807, 2.05) is 0 Å². The quantitative estimate of drug-likeness (QED) is 0.925. The van der Waals surface area contributed by atoms with Gasteiger partial charge >= 0.3 is 0 Å². The first-order valence-electron chi connectivity index (χ1n) is 7.89. The molecule has 4 nitrogen and oxygen atoms in total. The summed E-state index contributed by atoms with van der Waals surface area (Å²) in [4.78, 5) is 14.4. The summed E-state index contributed by atoms with van der Waals surface area (Å²) < 4.78 is 0. The van der Waals surface area contributed by atoms with E-state index in [1.54, 1.807) is 11.3 Å². The zero-order valence-electron chi connectivity index (χ0n) is 13.3. The summed E-state index contributed by atoms with van der Waals surface area (Å²) in [5, 5.41) is 4.49. The maximum atomic E-state index is 4.83. The lowest BCUT2D eigenvalue weighted by Gasteiger charge is -2.29. The number of anilines is 2. The molecule has 21 heavy (non-hydrogen) atoms. The van der Waals surface area contributed by atoms with Crippen molar-refractivity contribution in [3.8, 4) is 0 Å². The smallest absolute Gasteiger partial charge is 0.226 e. The number of rotatable bonds is 4. The highest BCUT2D eigenvalue weighted by atomic mass is 32.1. The third kappa shape index (κ3) is 2.71. The highest BCUT2D eigenvalue weighted by molar-refractivity contribution is 7.18. The van der Waals surface area contributed by atoms with Crippen molar-refractivity contribution >= 4 is 33.3 Å². The first-order chi connectivity index (χ1) is 10.1. The zero-order chi connectivity index (χ0) is 15.0. The van der Waals surface area contributed by atoms with Crippen LogP contribution in [0.1, 0.15) is 38.5 Å². The van der Waals surface area contributed by atoms with Gasteiger partial charge in [-0.2, -0.15) is 4.98 Å². The lowest BCUT2D eigenvalue weighted by Crippen LogP contribution is -2.34. The van der Waals surface area contributed by atoms with Crippen molar-refractivity contribution in [2.45, 2.75) is 46.6 Å². The number of nitrogens with zero attached hydrogens (tertiary/aromatic N) is 3. The van der Waals surface area contributed by atoms with E-state index < -0.39 is 0 Å². The predicted molar refractivity (Wildman–Crippen MR) is 91.5 cm³/mol. The Balaban J connectivity index is 2.10. The van der Waals surface area contributed by atoms with Gasteiger partial charge in [0, 0.05) is 24.0 Å². The number of thiophene rings is 1. The van der Waals surface area contributed by atoms with Gasteiger partial charge in [-0.1, -0.05) is 13.8 Å². The summed E-state index contributed by atoms with van der Waals surface area (Å²) in [6.45, 7) is 10.8. The fraction of sp³-hybridized carbons (Fsp3) is 0.625. The summed E-state index contributed by atoms with van der Waals surface area (Å²) in [5.41, 5.74) is 0. The fourth-order valence-electron chi connectivity index (χ4n) is 3.23. The molecule has 5 heteroatoms. The van der Waals surface area contributed by atoms with Crippen molar-refractivity contribution < 1.29 is 0 Å². The van der Waals surface area contributed by atoms with E-state index in [-0.39, 0.29) is 0 Å². The molecular formula is C16H24N4S. The molecule has 114 valence electrons. The van der Waals surface area contributed by atoms with Crippen molar-refractivity contribution in [1.82, 2.24) is 9.97 Å². The van der Waals surface area contributed by atoms with Crippen LogP contribution in [0.3, 0.4) is 0 Å². The second-order valence-corrected chi connectivity index (χ2v) is 7.36. The summed E-state index contributed by atoms with van der Waals surface area (Å²) >= 11 is 1.76. The maximum absolute atomic E-state index is 4.83. The molecule has 1 aliphatic rings. The molecule has 0 aliphatic carbocycles. The summed E-state index contributed by atoms with van der Waals surface area (Å²) in [6, 6.07) is 2.83. The topological polar surface area (TPSA) is 41.1 Å². The molecular weight excluding hydrogens is 280 g/mol. The molecule has 0 bridgehead atoms. The molecule has 0 aromatic carbocycles. The molecule has 0 radical (unpaired) electrons. The lowest BCUT2D eigenvalue weighted by atomic mass is 10.0. The standard InChI is InChI=1S/C16H24N4S/c1-5-17-16-18-14(12-9-11(4)21-15(12)19-16)20-8-6-7-13(20)10(2)3/h9-10,13H,5-8H2,1-4H3,(H,17,18,19). The minimum atomic E-state index is 0.595. The van der Waals surface area contributed by atoms with Crippen LogP contribution in [0, 0.1) is 12.8 Å². The number of hydrogen-bond donors (Lipinski definition) is 1. The molecule has 3 heterocycles. The average Bonchev–Trinajstić information content (AvgIpc) is 3.03. The van der Waals surface area contributed by atoms with Crippen LogP contribution in [-0.2, 0) is 0 Å². The monoisotopic (exact) mass is 304 g/mol. The minimum Gasteiger partial charge on any atom is -0.354 e.